The molecule has 0 saturated heterocycles. The Hall–Kier alpha value is -3.36. The van der Waals surface area contributed by atoms with Crippen molar-refractivity contribution < 1.29 is 18.0 Å². The van der Waals surface area contributed by atoms with E-state index in [9.17, 15) is 18.0 Å². The minimum absolute atomic E-state index is 0.140. The smallest absolute Gasteiger partial charge is 0.368 e. The summed E-state index contributed by atoms with van der Waals surface area (Å²) in [5.41, 5.74) is 1.51. The number of fused-ring (bicyclic) bond motifs is 1. The van der Waals surface area contributed by atoms with Crippen LogP contribution in [0.1, 0.15) is 42.9 Å². The molecule has 1 N–H and O–H groups in total. The summed E-state index contributed by atoms with van der Waals surface area (Å²) in [6.45, 7) is 6.24. The van der Waals surface area contributed by atoms with E-state index >= 15 is 0 Å². The third kappa shape index (κ3) is 3.99. The number of carbonyl (C=O) groups is 1. The third-order valence-electron chi connectivity index (χ3n) is 5.12. The van der Waals surface area contributed by atoms with Crippen LogP contribution in [0.25, 0.3) is 11.1 Å². The molecule has 0 spiro atoms. The first-order valence-corrected chi connectivity index (χ1v) is 9.94. The molecular formula is C22H22F3N5O. The van der Waals surface area contributed by atoms with Crippen LogP contribution in [0, 0.1) is 0 Å². The number of halogens is 3. The molecule has 0 aliphatic carbocycles. The SMILES string of the molecule is CC(C)Nc1cc(-c2cnn3c2C(=O)N(c2ccc(C(F)(F)F)cc2)C[C@@H]3C)ccn1. The molecule has 0 bridgehead atoms. The van der Waals surface area contributed by atoms with Crippen molar-refractivity contribution in [1.29, 1.82) is 0 Å². The Morgan fingerprint density at radius 2 is 1.87 bits per heavy atom. The van der Waals surface area contributed by atoms with Crippen molar-refractivity contribution in [2.24, 2.45) is 0 Å². The molecule has 3 aromatic rings. The third-order valence-corrected chi connectivity index (χ3v) is 5.12. The van der Waals surface area contributed by atoms with Crippen LogP contribution in [0.3, 0.4) is 0 Å². The minimum atomic E-state index is -4.42. The van der Waals surface area contributed by atoms with Gasteiger partial charge in [0, 0.05) is 30.0 Å². The Kier molecular flexibility index (Phi) is 5.20. The van der Waals surface area contributed by atoms with Crippen molar-refractivity contribution in [2.75, 3.05) is 16.8 Å². The van der Waals surface area contributed by atoms with Crippen LogP contribution in [0.4, 0.5) is 24.7 Å². The number of nitrogens with one attached hydrogen (secondary N) is 1. The van der Waals surface area contributed by atoms with Crippen LogP contribution < -0.4 is 10.2 Å². The highest BCUT2D eigenvalue weighted by Gasteiger charge is 2.35. The highest BCUT2D eigenvalue weighted by molar-refractivity contribution is 6.09. The molecule has 6 nitrogen and oxygen atoms in total. The fourth-order valence-electron chi connectivity index (χ4n) is 3.70. The average Bonchev–Trinajstić information content (AvgIpc) is 3.16. The van der Waals surface area contributed by atoms with E-state index in [4.69, 9.17) is 0 Å². The fourth-order valence-corrected chi connectivity index (χ4v) is 3.70. The second kappa shape index (κ2) is 7.72. The number of nitrogens with zero attached hydrogens (tertiary/aromatic N) is 4. The van der Waals surface area contributed by atoms with Gasteiger partial charge in [-0.2, -0.15) is 18.3 Å². The monoisotopic (exact) mass is 429 g/mol. The highest BCUT2D eigenvalue weighted by Crippen LogP contribution is 2.35. The Labute approximate surface area is 177 Å². The predicted octanol–water partition coefficient (Wildman–Crippen LogP) is 5.01. The number of carbonyl (C=O) groups excluding carboxylic acids is 1. The standard InChI is InChI=1S/C22H22F3N5O/c1-13(2)28-19-10-15(8-9-26-19)18-11-27-30-14(3)12-29(21(31)20(18)30)17-6-4-16(5-7-17)22(23,24)25/h4-11,13-14H,12H2,1-3H3,(H,26,28)/t14-/m0/s1. The quantitative estimate of drug-likeness (QED) is 0.634. The second-order valence-corrected chi connectivity index (χ2v) is 7.89. The van der Waals surface area contributed by atoms with E-state index in [0.29, 0.717) is 29.3 Å². The molecule has 2 aromatic heterocycles. The normalized spacial score (nSPS) is 16.5. The molecule has 1 atom stereocenters. The first kappa shape index (κ1) is 20.9. The summed E-state index contributed by atoms with van der Waals surface area (Å²) < 4.78 is 40.4. The molecule has 1 aliphatic rings. The minimum Gasteiger partial charge on any atom is -0.368 e. The average molecular weight is 429 g/mol. The molecular weight excluding hydrogens is 407 g/mol. The number of benzene rings is 1. The maximum absolute atomic E-state index is 13.4. The maximum atomic E-state index is 13.4. The summed E-state index contributed by atoms with van der Waals surface area (Å²) >= 11 is 0. The Bertz CT molecular complexity index is 1110. The number of aromatic nitrogens is 3. The lowest BCUT2D eigenvalue weighted by molar-refractivity contribution is -0.137. The molecule has 0 saturated carbocycles. The number of hydrogen-bond acceptors (Lipinski definition) is 4. The molecule has 9 heteroatoms. The van der Waals surface area contributed by atoms with Gasteiger partial charge >= 0.3 is 6.18 Å². The summed E-state index contributed by atoms with van der Waals surface area (Å²) in [4.78, 5) is 19.2. The molecule has 0 unspecified atom stereocenters. The van der Waals surface area contributed by atoms with Gasteiger partial charge in [0.2, 0.25) is 0 Å². The number of alkyl halides is 3. The lowest BCUT2D eigenvalue weighted by Crippen LogP contribution is -2.42. The summed E-state index contributed by atoms with van der Waals surface area (Å²) in [6, 6.07) is 8.36. The highest BCUT2D eigenvalue weighted by atomic mass is 19.4. The number of rotatable bonds is 4. The van der Waals surface area contributed by atoms with Crippen LogP contribution >= 0.6 is 0 Å². The number of pyridine rings is 1. The summed E-state index contributed by atoms with van der Waals surface area (Å²) in [6.07, 6.45) is -1.12. The van der Waals surface area contributed by atoms with Crippen LogP contribution in [-0.2, 0) is 6.18 Å². The Balaban J connectivity index is 1.71. The zero-order valence-corrected chi connectivity index (χ0v) is 17.3. The van der Waals surface area contributed by atoms with Gasteiger partial charge in [0.25, 0.3) is 5.91 Å². The molecule has 0 radical (unpaired) electrons. The largest absolute Gasteiger partial charge is 0.416 e. The van der Waals surface area contributed by atoms with Gasteiger partial charge in [-0.05, 0) is 62.7 Å². The molecule has 0 fully saturated rings. The van der Waals surface area contributed by atoms with E-state index in [1.54, 1.807) is 23.1 Å². The summed E-state index contributed by atoms with van der Waals surface area (Å²) in [5.74, 6) is 0.379. The molecule has 1 amide bonds. The van der Waals surface area contributed by atoms with Gasteiger partial charge in [0.15, 0.2) is 0 Å². The van der Waals surface area contributed by atoms with Crippen molar-refractivity contribution >= 4 is 17.4 Å². The molecule has 4 rings (SSSR count). The van der Waals surface area contributed by atoms with E-state index in [1.165, 1.54) is 17.0 Å². The lowest BCUT2D eigenvalue weighted by Gasteiger charge is -2.32. The number of amides is 1. The Morgan fingerprint density at radius 3 is 2.52 bits per heavy atom. The number of hydrogen-bond donors (Lipinski definition) is 1. The van der Waals surface area contributed by atoms with Gasteiger partial charge in [-0.3, -0.25) is 9.48 Å². The molecule has 1 aliphatic heterocycles. The maximum Gasteiger partial charge on any atom is 0.416 e. The first-order valence-electron chi connectivity index (χ1n) is 9.94. The van der Waals surface area contributed by atoms with E-state index in [0.717, 1.165) is 17.7 Å². The Morgan fingerprint density at radius 1 is 1.16 bits per heavy atom. The van der Waals surface area contributed by atoms with E-state index in [2.05, 4.69) is 15.4 Å². The first-order chi connectivity index (χ1) is 14.6. The van der Waals surface area contributed by atoms with E-state index in [-0.39, 0.29) is 18.0 Å². The molecule has 31 heavy (non-hydrogen) atoms. The summed E-state index contributed by atoms with van der Waals surface area (Å²) in [5, 5.41) is 7.64. The van der Waals surface area contributed by atoms with Gasteiger partial charge in [0.05, 0.1) is 17.8 Å². The topological polar surface area (TPSA) is 63.1 Å². The van der Waals surface area contributed by atoms with Gasteiger partial charge in [0.1, 0.15) is 11.5 Å². The molecule has 3 heterocycles. The van der Waals surface area contributed by atoms with Gasteiger partial charge in [-0.25, -0.2) is 4.98 Å². The van der Waals surface area contributed by atoms with Crippen molar-refractivity contribution in [3.05, 3.63) is 60.0 Å². The second-order valence-electron chi connectivity index (χ2n) is 7.89. The predicted molar refractivity (Wildman–Crippen MR) is 112 cm³/mol. The van der Waals surface area contributed by atoms with Gasteiger partial charge < -0.3 is 10.2 Å². The summed E-state index contributed by atoms with van der Waals surface area (Å²) in [7, 11) is 0. The number of anilines is 2. The van der Waals surface area contributed by atoms with Gasteiger partial charge in [-0.1, -0.05) is 0 Å². The van der Waals surface area contributed by atoms with Crippen molar-refractivity contribution in [3.63, 3.8) is 0 Å². The van der Waals surface area contributed by atoms with Crippen molar-refractivity contribution in [1.82, 2.24) is 14.8 Å². The van der Waals surface area contributed by atoms with Gasteiger partial charge in [-0.15, -0.1) is 0 Å². The zero-order valence-electron chi connectivity index (χ0n) is 17.3. The zero-order chi connectivity index (χ0) is 22.3. The lowest BCUT2D eigenvalue weighted by atomic mass is 10.0. The van der Waals surface area contributed by atoms with Crippen LogP contribution in [-0.4, -0.2) is 33.3 Å². The molecule has 1 aromatic carbocycles. The van der Waals surface area contributed by atoms with Crippen molar-refractivity contribution in [2.45, 2.75) is 39.0 Å². The molecule has 162 valence electrons. The van der Waals surface area contributed by atoms with E-state index < -0.39 is 11.7 Å². The van der Waals surface area contributed by atoms with Crippen LogP contribution in [0.5, 0.6) is 0 Å². The van der Waals surface area contributed by atoms with Crippen LogP contribution in [0.15, 0.2) is 48.8 Å². The fraction of sp³-hybridized carbons (Fsp3) is 0.318. The van der Waals surface area contributed by atoms with Crippen LogP contribution in [0.2, 0.25) is 0 Å². The van der Waals surface area contributed by atoms with Crippen molar-refractivity contribution in [3.8, 4) is 11.1 Å². The van der Waals surface area contributed by atoms with E-state index in [1.807, 2.05) is 26.8 Å².